The summed E-state index contributed by atoms with van der Waals surface area (Å²) in [5.74, 6) is -1.69. The van der Waals surface area contributed by atoms with Gasteiger partial charge in [-0.25, -0.2) is 4.79 Å². The van der Waals surface area contributed by atoms with Crippen LogP contribution in [0.15, 0.2) is 24.3 Å². The monoisotopic (exact) mass is 320 g/mol. The Hall–Kier alpha value is -2.57. The van der Waals surface area contributed by atoms with Gasteiger partial charge in [0, 0.05) is 18.8 Å². The maximum absolute atomic E-state index is 12.2. The minimum absolute atomic E-state index is 0.178. The van der Waals surface area contributed by atoms with Gasteiger partial charge in [0.05, 0.1) is 19.4 Å². The van der Waals surface area contributed by atoms with Crippen molar-refractivity contribution >= 4 is 23.7 Å². The molecule has 7 heteroatoms. The lowest BCUT2D eigenvalue weighted by Gasteiger charge is -2.30. The Kier molecular flexibility index (Phi) is 5.56. The first-order valence-electron chi connectivity index (χ1n) is 7.44. The van der Waals surface area contributed by atoms with Gasteiger partial charge in [0.15, 0.2) is 0 Å². The van der Waals surface area contributed by atoms with Gasteiger partial charge in [-0.1, -0.05) is 12.1 Å². The molecule has 0 bridgehead atoms. The fraction of sp³-hybridized carbons (Fsp3) is 0.438. The highest BCUT2D eigenvalue weighted by Crippen LogP contribution is 2.18. The summed E-state index contributed by atoms with van der Waals surface area (Å²) < 4.78 is 4.59. The minimum atomic E-state index is -0.866. The van der Waals surface area contributed by atoms with E-state index in [4.69, 9.17) is 5.11 Å². The molecule has 0 radical (unpaired) electrons. The predicted octanol–water partition coefficient (Wildman–Crippen LogP) is 1.73. The molecule has 124 valence electrons. The molecule has 1 saturated heterocycles. The van der Waals surface area contributed by atoms with Crippen LogP contribution in [0.1, 0.15) is 18.4 Å². The van der Waals surface area contributed by atoms with E-state index in [0.717, 1.165) is 5.56 Å². The van der Waals surface area contributed by atoms with Crippen molar-refractivity contribution in [1.29, 1.82) is 0 Å². The summed E-state index contributed by atoms with van der Waals surface area (Å²) in [4.78, 5) is 35.9. The quantitative estimate of drug-likeness (QED) is 0.824. The molecular formula is C16H20N2O5. The van der Waals surface area contributed by atoms with Crippen LogP contribution in [0.3, 0.4) is 0 Å². The Morgan fingerprint density at radius 2 is 2.00 bits per heavy atom. The maximum Gasteiger partial charge on any atom is 0.321 e. The second kappa shape index (κ2) is 7.62. The third-order valence-corrected chi connectivity index (χ3v) is 3.84. The molecule has 1 atom stereocenters. The number of piperidine rings is 1. The number of carbonyl (C=O) groups excluding carboxylic acids is 2. The van der Waals surface area contributed by atoms with Gasteiger partial charge in [0.25, 0.3) is 0 Å². The van der Waals surface area contributed by atoms with E-state index in [9.17, 15) is 14.4 Å². The molecule has 0 spiro atoms. The molecule has 1 aromatic carbocycles. The molecular weight excluding hydrogens is 300 g/mol. The van der Waals surface area contributed by atoms with Crippen molar-refractivity contribution in [3.05, 3.63) is 29.8 Å². The van der Waals surface area contributed by atoms with E-state index in [2.05, 4.69) is 10.1 Å². The number of benzene rings is 1. The van der Waals surface area contributed by atoms with Crippen molar-refractivity contribution in [2.45, 2.75) is 19.3 Å². The standard InChI is InChI=1S/C16H20N2O5/c1-23-14(19)9-11-4-6-13(7-5-11)17-16(22)18-8-2-3-12(10-18)15(20)21/h4-7,12H,2-3,8-10H2,1H3,(H,17,22)(H,20,21). The number of urea groups is 1. The fourth-order valence-electron chi connectivity index (χ4n) is 2.51. The first-order valence-corrected chi connectivity index (χ1v) is 7.44. The van der Waals surface area contributed by atoms with Gasteiger partial charge in [-0.15, -0.1) is 0 Å². The predicted molar refractivity (Wildman–Crippen MR) is 83.1 cm³/mol. The number of hydrogen-bond acceptors (Lipinski definition) is 4. The highest BCUT2D eigenvalue weighted by Gasteiger charge is 2.28. The fourth-order valence-corrected chi connectivity index (χ4v) is 2.51. The first-order chi connectivity index (χ1) is 11.0. The number of anilines is 1. The zero-order chi connectivity index (χ0) is 16.8. The van der Waals surface area contributed by atoms with Crippen LogP contribution in [0, 0.1) is 5.92 Å². The van der Waals surface area contributed by atoms with Crippen molar-refractivity contribution in [3.63, 3.8) is 0 Å². The van der Waals surface area contributed by atoms with E-state index in [0.29, 0.717) is 25.1 Å². The number of hydrogen-bond donors (Lipinski definition) is 2. The Morgan fingerprint density at radius 3 is 2.61 bits per heavy atom. The second-order valence-corrected chi connectivity index (χ2v) is 5.50. The average Bonchev–Trinajstić information content (AvgIpc) is 2.56. The summed E-state index contributed by atoms with van der Waals surface area (Å²) in [6.45, 7) is 0.775. The van der Waals surface area contributed by atoms with Crippen LogP contribution in [-0.2, 0) is 20.7 Å². The third kappa shape index (κ3) is 4.70. The third-order valence-electron chi connectivity index (χ3n) is 3.84. The van der Waals surface area contributed by atoms with Crippen LogP contribution in [0.4, 0.5) is 10.5 Å². The van der Waals surface area contributed by atoms with Crippen LogP contribution in [0.25, 0.3) is 0 Å². The van der Waals surface area contributed by atoms with Crippen LogP contribution in [-0.4, -0.2) is 48.2 Å². The van der Waals surface area contributed by atoms with E-state index in [1.807, 2.05) is 0 Å². The van der Waals surface area contributed by atoms with Gasteiger partial charge in [-0.3, -0.25) is 9.59 Å². The number of ether oxygens (including phenoxy) is 1. The number of esters is 1. The maximum atomic E-state index is 12.2. The van der Waals surface area contributed by atoms with Crippen molar-refractivity contribution in [2.24, 2.45) is 5.92 Å². The zero-order valence-electron chi connectivity index (χ0n) is 12.9. The highest BCUT2D eigenvalue weighted by molar-refractivity contribution is 5.89. The van der Waals surface area contributed by atoms with E-state index in [1.165, 1.54) is 12.0 Å². The van der Waals surface area contributed by atoms with Crippen LogP contribution in [0.2, 0.25) is 0 Å². The molecule has 2 amide bonds. The average molecular weight is 320 g/mol. The molecule has 23 heavy (non-hydrogen) atoms. The summed E-state index contributed by atoms with van der Waals surface area (Å²) in [5.41, 5.74) is 1.39. The summed E-state index contributed by atoms with van der Waals surface area (Å²) >= 11 is 0. The van der Waals surface area contributed by atoms with Crippen molar-refractivity contribution in [3.8, 4) is 0 Å². The van der Waals surface area contributed by atoms with Gasteiger partial charge in [-0.2, -0.15) is 0 Å². The van der Waals surface area contributed by atoms with E-state index in [-0.39, 0.29) is 25.0 Å². The van der Waals surface area contributed by atoms with Crippen molar-refractivity contribution in [2.75, 3.05) is 25.5 Å². The van der Waals surface area contributed by atoms with Crippen LogP contribution >= 0.6 is 0 Å². The zero-order valence-corrected chi connectivity index (χ0v) is 12.9. The minimum Gasteiger partial charge on any atom is -0.481 e. The topological polar surface area (TPSA) is 95.9 Å². The number of nitrogens with one attached hydrogen (secondary N) is 1. The number of methoxy groups -OCH3 is 1. The number of carboxylic acids is 1. The van der Waals surface area contributed by atoms with E-state index >= 15 is 0 Å². The van der Waals surface area contributed by atoms with Gasteiger partial charge in [0.2, 0.25) is 0 Å². The summed E-state index contributed by atoms with van der Waals surface area (Å²) in [6.07, 6.45) is 1.46. The number of likely N-dealkylation sites (tertiary alicyclic amines) is 1. The van der Waals surface area contributed by atoms with Crippen LogP contribution < -0.4 is 5.32 Å². The smallest absolute Gasteiger partial charge is 0.321 e. The molecule has 1 heterocycles. The molecule has 2 rings (SSSR count). The summed E-state index contributed by atoms with van der Waals surface area (Å²) in [6, 6.07) is 6.58. The van der Waals surface area contributed by atoms with Gasteiger partial charge >= 0.3 is 18.0 Å². The number of carbonyl (C=O) groups is 3. The second-order valence-electron chi connectivity index (χ2n) is 5.50. The molecule has 7 nitrogen and oxygen atoms in total. The lowest BCUT2D eigenvalue weighted by Crippen LogP contribution is -2.44. The van der Waals surface area contributed by atoms with Gasteiger partial charge < -0.3 is 20.1 Å². The van der Waals surface area contributed by atoms with E-state index < -0.39 is 11.9 Å². The highest BCUT2D eigenvalue weighted by atomic mass is 16.5. The first kappa shape index (κ1) is 16.8. The molecule has 2 N–H and O–H groups in total. The summed E-state index contributed by atoms with van der Waals surface area (Å²) in [5, 5.41) is 11.8. The number of carboxylic acid groups (broad SMARTS) is 1. The number of aliphatic carboxylic acids is 1. The van der Waals surface area contributed by atoms with Crippen molar-refractivity contribution in [1.82, 2.24) is 4.90 Å². The molecule has 1 fully saturated rings. The number of rotatable bonds is 4. The molecule has 1 aliphatic rings. The lowest BCUT2D eigenvalue weighted by atomic mass is 9.99. The molecule has 1 aliphatic heterocycles. The van der Waals surface area contributed by atoms with Crippen molar-refractivity contribution < 1.29 is 24.2 Å². The SMILES string of the molecule is COC(=O)Cc1ccc(NC(=O)N2CCCC(C(=O)O)C2)cc1. The van der Waals surface area contributed by atoms with Gasteiger partial charge in [0.1, 0.15) is 0 Å². The van der Waals surface area contributed by atoms with E-state index in [1.54, 1.807) is 24.3 Å². The lowest BCUT2D eigenvalue weighted by molar-refractivity contribution is -0.143. The van der Waals surface area contributed by atoms with Crippen LogP contribution in [0.5, 0.6) is 0 Å². The molecule has 0 saturated carbocycles. The Labute approximate surface area is 134 Å². The Morgan fingerprint density at radius 1 is 1.30 bits per heavy atom. The summed E-state index contributed by atoms with van der Waals surface area (Å²) in [7, 11) is 1.33. The Balaban J connectivity index is 1.92. The largest absolute Gasteiger partial charge is 0.481 e. The molecule has 0 aliphatic carbocycles. The number of amides is 2. The normalized spacial score (nSPS) is 17.4. The Bertz CT molecular complexity index is 585. The molecule has 0 aromatic heterocycles. The number of nitrogens with zero attached hydrogens (tertiary/aromatic N) is 1. The molecule has 1 unspecified atom stereocenters. The molecule has 1 aromatic rings. The van der Waals surface area contributed by atoms with Gasteiger partial charge in [-0.05, 0) is 30.5 Å².